The lowest BCUT2D eigenvalue weighted by atomic mass is 10.1. The Labute approximate surface area is 174 Å². The third kappa shape index (κ3) is 6.49. The molecule has 2 aromatic rings. The number of morpholine rings is 1. The van der Waals surface area contributed by atoms with E-state index < -0.39 is 6.10 Å². The fourth-order valence-corrected chi connectivity index (χ4v) is 3.37. The van der Waals surface area contributed by atoms with E-state index in [9.17, 15) is 9.50 Å². The Kier molecular flexibility index (Phi) is 8.61. The summed E-state index contributed by atoms with van der Waals surface area (Å²) in [4.78, 5) is 2.08. The summed E-state index contributed by atoms with van der Waals surface area (Å²) in [6.45, 7) is 2.36. The van der Waals surface area contributed by atoms with Gasteiger partial charge in [-0.3, -0.25) is 4.90 Å². The topological polar surface area (TPSA) is 41.9 Å². The van der Waals surface area contributed by atoms with Crippen LogP contribution in [0.4, 0.5) is 4.39 Å². The molecule has 1 saturated heterocycles. The monoisotopic (exact) mass is 435 g/mol. The normalized spacial score (nSPS) is 18.6. The van der Waals surface area contributed by atoms with Crippen molar-refractivity contribution in [3.63, 3.8) is 0 Å². The maximum atomic E-state index is 13.4. The van der Waals surface area contributed by atoms with Crippen LogP contribution < -0.4 is 4.74 Å². The van der Waals surface area contributed by atoms with Gasteiger partial charge in [-0.05, 0) is 35.9 Å². The van der Waals surface area contributed by atoms with Gasteiger partial charge in [0.15, 0.2) is 0 Å². The van der Waals surface area contributed by atoms with E-state index in [-0.39, 0.29) is 30.9 Å². The number of aliphatic hydroxyl groups excluding tert-OH is 1. The smallest absolute Gasteiger partial charge is 0.138 e. The first kappa shape index (κ1) is 22.2. The van der Waals surface area contributed by atoms with Crippen LogP contribution in [0.15, 0.2) is 42.5 Å². The summed E-state index contributed by atoms with van der Waals surface area (Å²) in [5.41, 5.74) is 0.799. The Balaban J connectivity index is 0.00000261. The van der Waals surface area contributed by atoms with Crippen molar-refractivity contribution in [1.29, 1.82) is 0 Å². The first-order valence-electron chi connectivity index (χ1n) is 8.36. The molecule has 0 saturated carbocycles. The minimum atomic E-state index is -0.687. The molecule has 1 heterocycles. The number of halogens is 4. The molecule has 2 aromatic carbocycles. The summed E-state index contributed by atoms with van der Waals surface area (Å²) in [6.07, 6.45) is -0.897. The molecule has 0 radical (unpaired) electrons. The zero-order chi connectivity index (χ0) is 18.5. The molecule has 4 nitrogen and oxygen atoms in total. The summed E-state index contributed by atoms with van der Waals surface area (Å²) in [7, 11) is 0. The molecule has 2 unspecified atom stereocenters. The number of hydrogen-bond donors (Lipinski definition) is 1. The molecule has 0 aliphatic carbocycles. The molecule has 8 heteroatoms. The minimum Gasteiger partial charge on any atom is -0.489 e. The lowest BCUT2D eigenvalue weighted by molar-refractivity contribution is -0.0460. The highest BCUT2D eigenvalue weighted by Gasteiger charge is 2.24. The Morgan fingerprint density at radius 1 is 1.26 bits per heavy atom. The van der Waals surface area contributed by atoms with E-state index in [1.54, 1.807) is 24.3 Å². The van der Waals surface area contributed by atoms with Crippen LogP contribution in [0.2, 0.25) is 10.0 Å². The standard InChI is InChI=1S/C19H20Cl2FNO3.ClH/c20-14-4-5-18(17(21)9-14)26-12-16(24)10-23-6-7-25-19(11-23)13-2-1-3-15(22)8-13;/h1-5,8-9,16,19,24H,6-7,10-12H2;1H. The molecule has 0 bridgehead atoms. The number of benzene rings is 2. The molecule has 0 spiro atoms. The molecule has 0 amide bonds. The zero-order valence-corrected chi connectivity index (χ0v) is 16.8. The van der Waals surface area contributed by atoms with E-state index in [0.29, 0.717) is 42.0 Å². The van der Waals surface area contributed by atoms with E-state index in [1.807, 2.05) is 6.07 Å². The summed E-state index contributed by atoms with van der Waals surface area (Å²) < 4.78 is 24.7. The van der Waals surface area contributed by atoms with Crippen LogP contribution in [0.1, 0.15) is 11.7 Å². The van der Waals surface area contributed by atoms with Crippen molar-refractivity contribution in [3.05, 3.63) is 63.9 Å². The van der Waals surface area contributed by atoms with Gasteiger partial charge in [-0.1, -0.05) is 35.3 Å². The molecule has 3 rings (SSSR count). The summed E-state index contributed by atoms with van der Waals surface area (Å²) in [5, 5.41) is 11.2. The highest BCUT2D eigenvalue weighted by atomic mass is 35.5. The number of ether oxygens (including phenoxy) is 2. The Hall–Kier alpha value is -1.08. The van der Waals surface area contributed by atoms with Crippen LogP contribution in [-0.2, 0) is 4.74 Å². The first-order chi connectivity index (χ1) is 12.5. The number of β-amino-alcohol motifs (C(OH)–C–C–N with tert-alkyl or cyclic N) is 1. The van der Waals surface area contributed by atoms with Crippen LogP contribution in [0.3, 0.4) is 0 Å². The molecule has 1 aliphatic rings. The van der Waals surface area contributed by atoms with E-state index >= 15 is 0 Å². The quantitative estimate of drug-likeness (QED) is 0.730. The minimum absolute atomic E-state index is 0. The van der Waals surface area contributed by atoms with Crippen molar-refractivity contribution in [3.8, 4) is 5.75 Å². The second-order valence-electron chi connectivity index (χ2n) is 6.21. The number of aliphatic hydroxyl groups is 1. The van der Waals surface area contributed by atoms with E-state index in [1.165, 1.54) is 12.1 Å². The van der Waals surface area contributed by atoms with Gasteiger partial charge in [0.1, 0.15) is 24.3 Å². The lowest BCUT2D eigenvalue weighted by Crippen LogP contribution is -2.43. The highest BCUT2D eigenvalue weighted by Crippen LogP contribution is 2.28. The number of hydrogen-bond acceptors (Lipinski definition) is 4. The molecule has 148 valence electrons. The Morgan fingerprint density at radius 3 is 2.81 bits per heavy atom. The fourth-order valence-electron chi connectivity index (χ4n) is 2.91. The van der Waals surface area contributed by atoms with Gasteiger partial charge in [-0.25, -0.2) is 4.39 Å². The predicted octanol–water partition coefficient (Wildman–Crippen LogP) is 4.37. The molecular formula is C19H21Cl3FNO3. The zero-order valence-electron chi connectivity index (χ0n) is 14.5. The fraction of sp³-hybridized carbons (Fsp3) is 0.368. The molecular weight excluding hydrogens is 416 g/mol. The van der Waals surface area contributed by atoms with E-state index in [0.717, 1.165) is 5.56 Å². The SMILES string of the molecule is Cl.OC(COc1ccc(Cl)cc1Cl)CN1CCOC(c2cccc(F)c2)C1. The average molecular weight is 437 g/mol. The second-order valence-corrected chi connectivity index (χ2v) is 7.06. The molecule has 1 fully saturated rings. The summed E-state index contributed by atoms with van der Waals surface area (Å²) >= 11 is 11.9. The Bertz CT molecular complexity index is 750. The second kappa shape index (κ2) is 10.5. The van der Waals surface area contributed by atoms with E-state index in [2.05, 4.69) is 4.90 Å². The molecule has 2 atom stereocenters. The Morgan fingerprint density at radius 2 is 2.07 bits per heavy atom. The molecule has 1 N–H and O–H groups in total. The van der Waals surface area contributed by atoms with Crippen molar-refractivity contribution in [2.45, 2.75) is 12.2 Å². The maximum Gasteiger partial charge on any atom is 0.138 e. The van der Waals surface area contributed by atoms with Gasteiger partial charge in [0.25, 0.3) is 0 Å². The van der Waals surface area contributed by atoms with Crippen molar-refractivity contribution >= 4 is 35.6 Å². The van der Waals surface area contributed by atoms with Gasteiger partial charge < -0.3 is 14.6 Å². The number of nitrogens with zero attached hydrogens (tertiary/aromatic N) is 1. The van der Waals surface area contributed by atoms with Gasteiger partial charge >= 0.3 is 0 Å². The average Bonchev–Trinajstić information content (AvgIpc) is 2.61. The highest BCUT2D eigenvalue weighted by molar-refractivity contribution is 6.35. The van der Waals surface area contributed by atoms with Crippen LogP contribution >= 0.6 is 35.6 Å². The predicted molar refractivity (Wildman–Crippen MR) is 107 cm³/mol. The van der Waals surface area contributed by atoms with Gasteiger partial charge in [-0.15, -0.1) is 12.4 Å². The maximum absolute atomic E-state index is 13.4. The third-order valence-corrected chi connectivity index (χ3v) is 4.70. The summed E-state index contributed by atoms with van der Waals surface area (Å²) in [6, 6.07) is 11.4. The van der Waals surface area contributed by atoms with Crippen LogP contribution in [0.25, 0.3) is 0 Å². The molecule has 27 heavy (non-hydrogen) atoms. The van der Waals surface area contributed by atoms with Gasteiger partial charge in [-0.2, -0.15) is 0 Å². The van der Waals surface area contributed by atoms with Crippen molar-refractivity contribution in [1.82, 2.24) is 4.90 Å². The largest absolute Gasteiger partial charge is 0.489 e. The van der Waals surface area contributed by atoms with Crippen molar-refractivity contribution in [2.24, 2.45) is 0 Å². The summed E-state index contributed by atoms with van der Waals surface area (Å²) in [5.74, 6) is 0.200. The lowest BCUT2D eigenvalue weighted by Gasteiger charge is -2.34. The third-order valence-electron chi connectivity index (χ3n) is 4.17. The van der Waals surface area contributed by atoms with E-state index in [4.69, 9.17) is 32.7 Å². The van der Waals surface area contributed by atoms with Gasteiger partial charge in [0.05, 0.1) is 17.7 Å². The molecule has 0 aromatic heterocycles. The number of rotatable bonds is 6. The van der Waals surface area contributed by atoms with Crippen LogP contribution in [0, 0.1) is 5.82 Å². The molecule has 1 aliphatic heterocycles. The first-order valence-corrected chi connectivity index (χ1v) is 9.12. The van der Waals surface area contributed by atoms with Crippen molar-refractivity contribution < 1.29 is 19.0 Å². The van der Waals surface area contributed by atoms with Crippen LogP contribution in [0.5, 0.6) is 5.75 Å². The van der Waals surface area contributed by atoms with Crippen molar-refractivity contribution in [2.75, 3.05) is 32.8 Å². The van der Waals surface area contributed by atoms with Gasteiger partial charge in [0.2, 0.25) is 0 Å². The van der Waals surface area contributed by atoms with Crippen LogP contribution in [-0.4, -0.2) is 49.0 Å². The van der Waals surface area contributed by atoms with Gasteiger partial charge in [0, 0.05) is 24.7 Å².